The van der Waals surface area contributed by atoms with E-state index in [2.05, 4.69) is 0 Å². The average molecular weight is 233 g/mol. The zero-order valence-corrected chi connectivity index (χ0v) is 9.21. The molecule has 88 valence electrons. The molecule has 1 aliphatic rings. The highest BCUT2D eigenvalue weighted by molar-refractivity contribution is 6.20. The Balaban J connectivity index is 2.32. The van der Waals surface area contributed by atoms with Crippen molar-refractivity contribution in [3.63, 3.8) is 0 Å². The van der Waals surface area contributed by atoms with Crippen molar-refractivity contribution >= 4 is 23.5 Å². The van der Waals surface area contributed by atoms with Gasteiger partial charge in [-0.2, -0.15) is 0 Å². The molecule has 0 aliphatic carbocycles. The van der Waals surface area contributed by atoms with Crippen LogP contribution in [0.4, 0.5) is 5.69 Å². The second-order valence-electron chi connectivity index (χ2n) is 4.02. The molecular formula is C12H11NO4. The number of nitrogens with zero attached hydrogens (tertiary/aromatic N) is 1. The van der Waals surface area contributed by atoms with Crippen LogP contribution in [0.5, 0.6) is 0 Å². The van der Waals surface area contributed by atoms with Crippen LogP contribution >= 0.6 is 0 Å². The quantitative estimate of drug-likeness (QED) is 0.781. The van der Waals surface area contributed by atoms with Gasteiger partial charge >= 0.3 is 5.97 Å². The number of rotatable bonds is 2. The molecule has 0 unspecified atom stereocenters. The Morgan fingerprint density at radius 1 is 1.29 bits per heavy atom. The number of carbonyl (C=O) groups excluding carboxylic acids is 2. The van der Waals surface area contributed by atoms with Crippen molar-refractivity contribution in [3.8, 4) is 0 Å². The van der Waals surface area contributed by atoms with Gasteiger partial charge in [0.05, 0.1) is 11.3 Å². The smallest absolute Gasteiger partial charge is 0.335 e. The summed E-state index contributed by atoms with van der Waals surface area (Å²) in [5, 5.41) is 8.74. The molecule has 17 heavy (non-hydrogen) atoms. The van der Waals surface area contributed by atoms with Gasteiger partial charge < -0.3 is 5.11 Å². The highest BCUT2D eigenvalue weighted by Gasteiger charge is 2.36. The van der Waals surface area contributed by atoms with Crippen LogP contribution in [0.25, 0.3) is 0 Å². The molecular weight excluding hydrogens is 222 g/mol. The highest BCUT2D eigenvalue weighted by atomic mass is 16.4. The second-order valence-corrected chi connectivity index (χ2v) is 4.02. The number of carboxylic acids is 1. The third-order valence-corrected chi connectivity index (χ3v) is 2.74. The molecule has 1 fully saturated rings. The van der Waals surface area contributed by atoms with Gasteiger partial charge in [0, 0.05) is 12.3 Å². The summed E-state index contributed by atoms with van der Waals surface area (Å²) in [6.07, 6.45) is 0.208. The van der Waals surface area contributed by atoms with E-state index in [0.717, 1.165) is 4.90 Å². The van der Waals surface area contributed by atoms with Crippen molar-refractivity contribution in [1.29, 1.82) is 0 Å². The second kappa shape index (κ2) is 4.01. The van der Waals surface area contributed by atoms with Gasteiger partial charge in [0.15, 0.2) is 0 Å². The maximum Gasteiger partial charge on any atom is 0.335 e. The van der Waals surface area contributed by atoms with Gasteiger partial charge in [-0.25, -0.2) is 4.79 Å². The van der Waals surface area contributed by atoms with E-state index in [9.17, 15) is 14.4 Å². The molecule has 0 spiro atoms. The summed E-state index contributed by atoms with van der Waals surface area (Å²) in [4.78, 5) is 35.1. The lowest BCUT2D eigenvalue weighted by Crippen LogP contribution is -2.29. The monoisotopic (exact) mass is 233 g/mol. The Hall–Kier alpha value is -2.17. The minimum atomic E-state index is -1.04. The summed E-state index contributed by atoms with van der Waals surface area (Å²) in [7, 11) is 0. The van der Waals surface area contributed by atoms with Crippen molar-refractivity contribution in [2.24, 2.45) is 5.92 Å². The number of anilines is 1. The van der Waals surface area contributed by atoms with Gasteiger partial charge in [-0.1, -0.05) is 6.92 Å². The summed E-state index contributed by atoms with van der Waals surface area (Å²) < 4.78 is 0. The molecule has 1 atom stereocenters. The lowest BCUT2D eigenvalue weighted by atomic mass is 10.1. The summed E-state index contributed by atoms with van der Waals surface area (Å²) in [5.41, 5.74) is 0.551. The van der Waals surface area contributed by atoms with Crippen LogP contribution in [0.2, 0.25) is 0 Å². The van der Waals surface area contributed by atoms with Gasteiger partial charge in [-0.15, -0.1) is 0 Å². The molecule has 1 N–H and O–H groups in total. The van der Waals surface area contributed by atoms with E-state index in [0.29, 0.717) is 5.69 Å². The molecule has 1 aromatic carbocycles. The Labute approximate surface area is 97.7 Å². The molecule has 5 nitrogen and oxygen atoms in total. The first-order valence-corrected chi connectivity index (χ1v) is 5.21. The number of imide groups is 1. The molecule has 2 rings (SSSR count). The Morgan fingerprint density at radius 3 is 2.29 bits per heavy atom. The number of hydrogen-bond donors (Lipinski definition) is 1. The first kappa shape index (κ1) is 11.3. The van der Waals surface area contributed by atoms with E-state index in [-0.39, 0.29) is 29.7 Å². The fraction of sp³-hybridized carbons (Fsp3) is 0.250. The third kappa shape index (κ3) is 1.91. The van der Waals surface area contributed by atoms with Crippen LogP contribution in [0.3, 0.4) is 0 Å². The summed E-state index contributed by atoms with van der Waals surface area (Å²) in [5.74, 6) is -1.82. The van der Waals surface area contributed by atoms with E-state index in [1.165, 1.54) is 24.3 Å². The molecule has 0 saturated carbocycles. The van der Waals surface area contributed by atoms with Crippen molar-refractivity contribution < 1.29 is 19.5 Å². The standard InChI is InChI=1S/C12H11NO4/c1-7-6-10(14)13(11(7)15)9-4-2-8(3-5-9)12(16)17/h2-5,7H,6H2,1H3,(H,16,17)/t7-/m0/s1. The summed E-state index contributed by atoms with van der Waals surface area (Å²) in [6, 6.07) is 5.69. The van der Waals surface area contributed by atoms with Crippen LogP contribution in [0, 0.1) is 5.92 Å². The number of carbonyl (C=O) groups is 3. The molecule has 0 bridgehead atoms. The van der Waals surface area contributed by atoms with E-state index in [1.54, 1.807) is 6.92 Å². The van der Waals surface area contributed by atoms with Gasteiger partial charge in [0.25, 0.3) is 0 Å². The predicted octanol–water partition coefficient (Wildman–Crippen LogP) is 1.28. The lowest BCUT2D eigenvalue weighted by molar-refractivity contribution is -0.122. The van der Waals surface area contributed by atoms with E-state index >= 15 is 0 Å². The fourth-order valence-electron chi connectivity index (χ4n) is 1.81. The molecule has 1 aliphatic heterocycles. The minimum absolute atomic E-state index is 0.126. The molecule has 5 heteroatoms. The van der Waals surface area contributed by atoms with Crippen LogP contribution < -0.4 is 4.90 Å². The van der Waals surface area contributed by atoms with Crippen LogP contribution in [0.15, 0.2) is 24.3 Å². The number of hydrogen-bond acceptors (Lipinski definition) is 3. The van der Waals surface area contributed by atoms with Gasteiger partial charge in [-0.3, -0.25) is 14.5 Å². The molecule has 1 heterocycles. The predicted molar refractivity (Wildman–Crippen MR) is 59.7 cm³/mol. The number of benzene rings is 1. The highest BCUT2D eigenvalue weighted by Crippen LogP contribution is 2.26. The van der Waals surface area contributed by atoms with Crippen molar-refractivity contribution in [2.45, 2.75) is 13.3 Å². The average Bonchev–Trinajstić information content (AvgIpc) is 2.53. The molecule has 1 aromatic rings. The lowest BCUT2D eigenvalue weighted by Gasteiger charge is -2.14. The Bertz CT molecular complexity index is 492. The Kier molecular flexibility index (Phi) is 2.67. The van der Waals surface area contributed by atoms with E-state index in [4.69, 9.17) is 5.11 Å². The maximum atomic E-state index is 11.7. The van der Waals surface area contributed by atoms with Crippen LogP contribution in [-0.4, -0.2) is 22.9 Å². The van der Waals surface area contributed by atoms with Crippen LogP contribution in [0.1, 0.15) is 23.7 Å². The number of aromatic carboxylic acids is 1. The largest absolute Gasteiger partial charge is 0.478 e. The molecule has 2 amide bonds. The van der Waals surface area contributed by atoms with E-state index in [1.807, 2.05) is 0 Å². The number of amides is 2. The van der Waals surface area contributed by atoms with Gasteiger partial charge in [0.1, 0.15) is 0 Å². The maximum absolute atomic E-state index is 11.7. The minimum Gasteiger partial charge on any atom is -0.478 e. The zero-order chi connectivity index (χ0) is 12.6. The fourth-order valence-corrected chi connectivity index (χ4v) is 1.81. The van der Waals surface area contributed by atoms with Crippen molar-refractivity contribution in [3.05, 3.63) is 29.8 Å². The summed E-state index contributed by atoms with van der Waals surface area (Å²) >= 11 is 0. The SMILES string of the molecule is C[C@H]1CC(=O)N(c2ccc(C(=O)O)cc2)C1=O. The molecule has 0 aromatic heterocycles. The topological polar surface area (TPSA) is 74.7 Å². The molecule has 1 saturated heterocycles. The third-order valence-electron chi connectivity index (χ3n) is 2.74. The van der Waals surface area contributed by atoms with Crippen molar-refractivity contribution in [2.75, 3.05) is 4.90 Å². The normalized spacial score (nSPS) is 19.8. The van der Waals surface area contributed by atoms with Crippen molar-refractivity contribution in [1.82, 2.24) is 0 Å². The number of carboxylic acid groups (broad SMARTS) is 1. The molecule has 0 radical (unpaired) electrons. The first-order chi connectivity index (χ1) is 8.00. The first-order valence-electron chi connectivity index (χ1n) is 5.21. The van der Waals surface area contributed by atoms with Crippen LogP contribution in [-0.2, 0) is 9.59 Å². The zero-order valence-electron chi connectivity index (χ0n) is 9.21. The van der Waals surface area contributed by atoms with E-state index < -0.39 is 5.97 Å². The van der Waals surface area contributed by atoms with Gasteiger partial charge in [0.2, 0.25) is 11.8 Å². The Morgan fingerprint density at radius 2 is 1.88 bits per heavy atom. The van der Waals surface area contributed by atoms with Gasteiger partial charge in [-0.05, 0) is 24.3 Å². The summed E-state index contributed by atoms with van der Waals surface area (Å²) in [6.45, 7) is 1.70.